The number of amides is 3. The fourth-order valence-corrected chi connectivity index (χ4v) is 5.54. The number of anilines is 1. The first-order valence-corrected chi connectivity index (χ1v) is 16.2. The van der Waals surface area contributed by atoms with E-state index in [1.807, 2.05) is 80.6 Å². The minimum atomic E-state index is -1.05. The molecular formula is C38H48ClN3O4. The number of ether oxygens (including phenoxy) is 1. The molecule has 0 aromatic heterocycles. The second kappa shape index (κ2) is 16.5. The van der Waals surface area contributed by atoms with E-state index < -0.39 is 35.6 Å². The topological polar surface area (TPSA) is 87.7 Å². The number of hydrogen-bond donors (Lipinski definition) is 2. The number of carbonyl (C=O) groups is 3. The molecule has 0 spiro atoms. The highest BCUT2D eigenvalue weighted by Crippen LogP contribution is 2.32. The standard InChI is InChI=1S/C38H48ClN3O4/c1-9-28-18-14-19-30(23-28)34(35(43)41-33-26(4)15-13-20-31(33)39)42(27(5)22-21-25(2)3)36(44)32(24-29-16-11-10-12-17-29)40-37(45)46-38(6,7)8/h9-20,23,25,27,32,34H,1,21-22,24H2,2-8H3,(H,40,45)(H,41,43). The van der Waals surface area contributed by atoms with Crippen molar-refractivity contribution in [2.24, 2.45) is 5.92 Å². The Balaban J connectivity index is 2.19. The number of carbonyl (C=O) groups excluding carboxylic acids is 3. The number of rotatable bonds is 13. The molecule has 3 atom stereocenters. The van der Waals surface area contributed by atoms with Gasteiger partial charge in [0.25, 0.3) is 5.91 Å². The molecule has 246 valence electrons. The van der Waals surface area contributed by atoms with Crippen LogP contribution in [0.15, 0.2) is 79.4 Å². The summed E-state index contributed by atoms with van der Waals surface area (Å²) < 4.78 is 5.58. The normalized spacial score (nSPS) is 13.3. The van der Waals surface area contributed by atoms with Gasteiger partial charge < -0.3 is 20.3 Å². The maximum Gasteiger partial charge on any atom is 0.408 e. The fraction of sp³-hybridized carbons (Fsp3) is 0.395. The maximum absolute atomic E-state index is 14.9. The van der Waals surface area contributed by atoms with E-state index in [9.17, 15) is 14.4 Å². The Bertz CT molecular complexity index is 1480. The predicted octanol–water partition coefficient (Wildman–Crippen LogP) is 8.76. The molecule has 0 bridgehead atoms. The molecule has 7 nitrogen and oxygen atoms in total. The van der Waals surface area contributed by atoms with Crippen LogP contribution in [0.5, 0.6) is 0 Å². The third kappa shape index (κ3) is 10.5. The SMILES string of the molecule is C=Cc1cccc(C(C(=O)Nc2c(C)cccc2Cl)N(C(=O)C(Cc2ccccc2)NC(=O)OC(C)(C)C)C(C)CCC(C)C)c1. The van der Waals surface area contributed by atoms with Crippen molar-refractivity contribution in [2.45, 2.75) is 91.5 Å². The zero-order valence-corrected chi connectivity index (χ0v) is 28.9. The molecule has 0 aliphatic carbocycles. The lowest BCUT2D eigenvalue weighted by atomic mass is 9.95. The van der Waals surface area contributed by atoms with Gasteiger partial charge in [0.15, 0.2) is 0 Å². The van der Waals surface area contributed by atoms with Gasteiger partial charge in [0, 0.05) is 12.5 Å². The minimum absolute atomic E-state index is 0.205. The third-order valence-electron chi connectivity index (χ3n) is 7.62. The first-order valence-electron chi connectivity index (χ1n) is 15.8. The number of nitrogens with zero attached hydrogens (tertiary/aromatic N) is 1. The van der Waals surface area contributed by atoms with Crippen LogP contribution in [-0.4, -0.2) is 40.5 Å². The lowest BCUT2D eigenvalue weighted by molar-refractivity contribution is -0.143. The lowest BCUT2D eigenvalue weighted by Crippen LogP contribution is -2.55. The minimum Gasteiger partial charge on any atom is -0.444 e. The molecule has 3 aromatic rings. The van der Waals surface area contributed by atoms with Gasteiger partial charge in [-0.15, -0.1) is 0 Å². The Hall–Kier alpha value is -4.10. The van der Waals surface area contributed by atoms with Gasteiger partial charge in [-0.3, -0.25) is 9.59 Å². The molecule has 3 aromatic carbocycles. The second-order valence-electron chi connectivity index (χ2n) is 13.2. The van der Waals surface area contributed by atoms with E-state index in [0.717, 1.165) is 23.1 Å². The van der Waals surface area contributed by atoms with E-state index in [2.05, 4.69) is 31.1 Å². The van der Waals surface area contributed by atoms with Crippen molar-refractivity contribution >= 4 is 41.3 Å². The summed E-state index contributed by atoms with van der Waals surface area (Å²) >= 11 is 6.54. The van der Waals surface area contributed by atoms with Gasteiger partial charge >= 0.3 is 6.09 Å². The van der Waals surface area contributed by atoms with Crippen LogP contribution in [0.2, 0.25) is 5.02 Å². The zero-order chi connectivity index (χ0) is 34.0. The monoisotopic (exact) mass is 645 g/mol. The number of hydrogen-bond acceptors (Lipinski definition) is 4. The Labute approximate surface area is 279 Å². The van der Waals surface area contributed by atoms with Crippen molar-refractivity contribution in [3.05, 3.63) is 107 Å². The van der Waals surface area contributed by atoms with E-state index in [4.69, 9.17) is 16.3 Å². The van der Waals surface area contributed by atoms with Crippen molar-refractivity contribution < 1.29 is 19.1 Å². The summed E-state index contributed by atoms with van der Waals surface area (Å²) in [6.07, 6.45) is 2.67. The molecule has 46 heavy (non-hydrogen) atoms. The van der Waals surface area contributed by atoms with Crippen molar-refractivity contribution in [1.82, 2.24) is 10.2 Å². The molecule has 0 aliphatic rings. The molecule has 3 rings (SSSR count). The first kappa shape index (κ1) is 36.4. The predicted molar refractivity (Wildman–Crippen MR) is 188 cm³/mol. The van der Waals surface area contributed by atoms with Gasteiger partial charge in [-0.05, 0) is 87.8 Å². The number of halogens is 1. The fourth-order valence-electron chi connectivity index (χ4n) is 5.27. The van der Waals surface area contributed by atoms with E-state index in [1.54, 1.807) is 37.8 Å². The van der Waals surface area contributed by atoms with Crippen LogP contribution in [-0.2, 0) is 20.7 Å². The first-order chi connectivity index (χ1) is 21.7. The molecule has 0 heterocycles. The summed E-state index contributed by atoms with van der Waals surface area (Å²) in [5.41, 5.74) is 2.77. The van der Waals surface area contributed by atoms with Crippen molar-refractivity contribution in [1.29, 1.82) is 0 Å². The molecular weight excluding hydrogens is 598 g/mol. The Morgan fingerprint density at radius 3 is 2.24 bits per heavy atom. The lowest BCUT2D eigenvalue weighted by Gasteiger charge is -2.39. The van der Waals surface area contributed by atoms with Crippen molar-refractivity contribution in [3.63, 3.8) is 0 Å². The Kier molecular flexibility index (Phi) is 13.0. The van der Waals surface area contributed by atoms with Crippen LogP contribution >= 0.6 is 11.6 Å². The van der Waals surface area contributed by atoms with E-state index in [1.165, 1.54) is 0 Å². The molecule has 0 aliphatic heterocycles. The summed E-state index contributed by atoms with van der Waals surface area (Å²) in [7, 11) is 0. The number of para-hydroxylation sites is 1. The molecule has 8 heteroatoms. The zero-order valence-electron chi connectivity index (χ0n) is 28.1. The summed E-state index contributed by atoms with van der Waals surface area (Å²) in [4.78, 5) is 44.2. The molecule has 2 N–H and O–H groups in total. The van der Waals surface area contributed by atoms with Gasteiger partial charge in [0.1, 0.15) is 17.7 Å². The van der Waals surface area contributed by atoms with Gasteiger partial charge in [-0.2, -0.15) is 0 Å². The number of benzene rings is 3. The van der Waals surface area contributed by atoms with Gasteiger partial charge in [-0.1, -0.05) is 98.8 Å². The summed E-state index contributed by atoms with van der Waals surface area (Å²) in [5, 5.41) is 6.26. The molecule has 0 saturated heterocycles. The van der Waals surface area contributed by atoms with E-state index in [-0.39, 0.29) is 12.5 Å². The summed E-state index contributed by atoms with van der Waals surface area (Å²) in [6, 6.07) is 19.9. The number of aryl methyl sites for hydroxylation is 1. The maximum atomic E-state index is 14.9. The van der Waals surface area contributed by atoms with Crippen molar-refractivity contribution in [2.75, 3.05) is 5.32 Å². The number of alkyl carbamates (subject to hydrolysis) is 1. The van der Waals surface area contributed by atoms with E-state index in [0.29, 0.717) is 28.6 Å². The molecule has 0 radical (unpaired) electrons. The highest BCUT2D eigenvalue weighted by Gasteiger charge is 2.39. The van der Waals surface area contributed by atoms with Gasteiger partial charge in [-0.25, -0.2) is 4.79 Å². The summed E-state index contributed by atoms with van der Waals surface area (Å²) in [6.45, 7) is 17.3. The molecule has 3 unspecified atom stereocenters. The highest BCUT2D eigenvalue weighted by molar-refractivity contribution is 6.34. The molecule has 0 fully saturated rings. The van der Waals surface area contributed by atoms with Crippen LogP contribution in [0.1, 0.15) is 82.7 Å². The van der Waals surface area contributed by atoms with Gasteiger partial charge in [0.05, 0.1) is 10.7 Å². The Morgan fingerprint density at radius 1 is 0.957 bits per heavy atom. The Morgan fingerprint density at radius 2 is 1.63 bits per heavy atom. The van der Waals surface area contributed by atoms with Crippen LogP contribution in [0, 0.1) is 12.8 Å². The molecule has 0 saturated carbocycles. The van der Waals surface area contributed by atoms with Crippen molar-refractivity contribution in [3.8, 4) is 0 Å². The average molecular weight is 646 g/mol. The van der Waals surface area contributed by atoms with Crippen LogP contribution in [0.4, 0.5) is 10.5 Å². The van der Waals surface area contributed by atoms with Gasteiger partial charge in [0.2, 0.25) is 5.91 Å². The third-order valence-corrected chi connectivity index (χ3v) is 7.94. The number of nitrogens with one attached hydrogen (secondary N) is 2. The largest absolute Gasteiger partial charge is 0.444 e. The second-order valence-corrected chi connectivity index (χ2v) is 13.6. The van der Waals surface area contributed by atoms with Crippen LogP contribution in [0.25, 0.3) is 6.08 Å². The summed E-state index contributed by atoms with van der Waals surface area (Å²) in [5.74, 6) is -0.439. The smallest absolute Gasteiger partial charge is 0.408 e. The van der Waals surface area contributed by atoms with Crippen LogP contribution < -0.4 is 10.6 Å². The van der Waals surface area contributed by atoms with E-state index >= 15 is 0 Å². The average Bonchev–Trinajstić information content (AvgIpc) is 2.99. The highest BCUT2D eigenvalue weighted by atomic mass is 35.5. The quantitative estimate of drug-likeness (QED) is 0.195. The van der Waals surface area contributed by atoms with Crippen LogP contribution in [0.3, 0.4) is 0 Å². The molecule has 3 amide bonds.